The van der Waals surface area contributed by atoms with Crippen molar-refractivity contribution < 1.29 is 8.78 Å². The van der Waals surface area contributed by atoms with Crippen LogP contribution in [0.5, 0.6) is 0 Å². The summed E-state index contributed by atoms with van der Waals surface area (Å²) in [5.74, 6) is -1.12. The number of hydrogen-bond donors (Lipinski definition) is 2. The van der Waals surface area contributed by atoms with Crippen LogP contribution in [0.3, 0.4) is 0 Å². The Labute approximate surface area is 170 Å². The van der Waals surface area contributed by atoms with E-state index < -0.39 is 17.7 Å². The van der Waals surface area contributed by atoms with Gasteiger partial charge in [-0.15, -0.1) is 0 Å². The van der Waals surface area contributed by atoms with Crippen LogP contribution >= 0.6 is 0 Å². The van der Waals surface area contributed by atoms with E-state index in [1.54, 1.807) is 24.4 Å². The zero-order valence-electron chi connectivity index (χ0n) is 15.8. The van der Waals surface area contributed by atoms with Crippen LogP contribution in [-0.2, 0) is 0 Å². The van der Waals surface area contributed by atoms with Crippen molar-refractivity contribution in [2.45, 2.75) is 13.0 Å². The number of halogens is 2. The second-order valence-electron chi connectivity index (χ2n) is 6.59. The third kappa shape index (κ3) is 3.58. The first-order valence-electron chi connectivity index (χ1n) is 8.95. The summed E-state index contributed by atoms with van der Waals surface area (Å²) in [5, 5.41) is 12.5. The van der Waals surface area contributed by atoms with Crippen LogP contribution in [0.4, 0.5) is 20.4 Å². The van der Waals surface area contributed by atoms with E-state index in [1.807, 2.05) is 13.0 Å². The average Bonchev–Trinajstić information content (AvgIpc) is 2.72. The van der Waals surface area contributed by atoms with Crippen LogP contribution in [0.1, 0.15) is 24.1 Å². The van der Waals surface area contributed by atoms with Crippen molar-refractivity contribution in [1.82, 2.24) is 19.9 Å². The van der Waals surface area contributed by atoms with Gasteiger partial charge < -0.3 is 11.1 Å². The fourth-order valence-electron chi connectivity index (χ4n) is 3.17. The van der Waals surface area contributed by atoms with E-state index >= 15 is 0 Å². The fraction of sp³-hybridized carbons (Fsp3) is 0.0952. The lowest BCUT2D eigenvalue weighted by Gasteiger charge is -2.19. The van der Waals surface area contributed by atoms with Crippen molar-refractivity contribution in [3.05, 3.63) is 71.7 Å². The summed E-state index contributed by atoms with van der Waals surface area (Å²) in [4.78, 5) is 16.8. The van der Waals surface area contributed by atoms with Gasteiger partial charge in [-0.25, -0.2) is 23.7 Å². The fourth-order valence-corrected chi connectivity index (χ4v) is 3.17. The summed E-state index contributed by atoms with van der Waals surface area (Å²) in [6, 6.07) is 10.0. The molecule has 0 bridgehead atoms. The van der Waals surface area contributed by atoms with Gasteiger partial charge in [-0.05, 0) is 37.3 Å². The lowest BCUT2D eigenvalue weighted by atomic mass is 9.99. The summed E-state index contributed by atoms with van der Waals surface area (Å²) < 4.78 is 27.8. The van der Waals surface area contributed by atoms with Crippen molar-refractivity contribution in [2.24, 2.45) is 0 Å². The summed E-state index contributed by atoms with van der Waals surface area (Å²) in [6.45, 7) is 1.81. The second kappa shape index (κ2) is 7.67. The van der Waals surface area contributed by atoms with Crippen LogP contribution in [0.15, 0.2) is 48.9 Å². The maximum atomic E-state index is 13.9. The number of nitriles is 1. The standard InChI is InChI=1S/C21H15F2N7/c1-11(29-21-16(9-24)20(25)27-10-28-21)15-8-18-17(3-2-4-26-18)30-19(15)12-5-13(22)7-14(23)6-12/h2-8,10-11H,1H3,(H3,25,27,28,29)/t11-/m1/s1. The molecule has 7 nitrogen and oxygen atoms in total. The number of hydrogen-bond acceptors (Lipinski definition) is 7. The molecule has 0 radical (unpaired) electrons. The van der Waals surface area contributed by atoms with Gasteiger partial charge in [0.15, 0.2) is 0 Å². The van der Waals surface area contributed by atoms with Crippen molar-refractivity contribution >= 4 is 22.7 Å². The van der Waals surface area contributed by atoms with Gasteiger partial charge in [0.1, 0.15) is 41.2 Å². The molecule has 4 aromatic rings. The molecule has 0 fully saturated rings. The van der Waals surface area contributed by atoms with Gasteiger partial charge >= 0.3 is 0 Å². The third-order valence-corrected chi connectivity index (χ3v) is 4.56. The van der Waals surface area contributed by atoms with E-state index in [1.165, 1.54) is 18.5 Å². The lowest BCUT2D eigenvalue weighted by Crippen LogP contribution is -2.13. The molecule has 0 unspecified atom stereocenters. The molecule has 0 aliphatic rings. The first-order chi connectivity index (χ1) is 14.5. The number of nitrogen functional groups attached to an aromatic ring is 1. The summed E-state index contributed by atoms with van der Waals surface area (Å²) in [6.07, 6.45) is 2.88. The Balaban J connectivity index is 1.87. The molecule has 3 aromatic heterocycles. The average molecular weight is 403 g/mol. The maximum Gasteiger partial charge on any atom is 0.150 e. The van der Waals surface area contributed by atoms with Gasteiger partial charge in [0.25, 0.3) is 0 Å². The van der Waals surface area contributed by atoms with E-state index in [9.17, 15) is 14.0 Å². The Morgan fingerprint density at radius 3 is 2.57 bits per heavy atom. The topological polar surface area (TPSA) is 113 Å². The van der Waals surface area contributed by atoms with Gasteiger partial charge in [-0.1, -0.05) is 0 Å². The highest BCUT2D eigenvalue weighted by atomic mass is 19.1. The molecule has 0 amide bonds. The SMILES string of the molecule is C[C@@H](Nc1ncnc(N)c1C#N)c1cc2ncccc2nc1-c1cc(F)cc(F)c1. The normalized spacial score (nSPS) is 11.8. The highest BCUT2D eigenvalue weighted by Crippen LogP contribution is 2.32. The van der Waals surface area contributed by atoms with Gasteiger partial charge in [0, 0.05) is 23.4 Å². The van der Waals surface area contributed by atoms with Gasteiger partial charge in [0.2, 0.25) is 0 Å². The molecular weight excluding hydrogens is 388 g/mol. The van der Waals surface area contributed by atoms with E-state index in [2.05, 4.69) is 25.3 Å². The van der Waals surface area contributed by atoms with Gasteiger partial charge in [-0.3, -0.25) is 4.98 Å². The number of benzene rings is 1. The summed E-state index contributed by atoms with van der Waals surface area (Å²) in [5.41, 5.74) is 8.34. The molecule has 0 aliphatic carbocycles. The lowest BCUT2D eigenvalue weighted by molar-refractivity contribution is 0.584. The predicted octanol–water partition coefficient (Wildman–Crippen LogP) is 3.99. The molecule has 30 heavy (non-hydrogen) atoms. The minimum atomic E-state index is -0.708. The molecule has 148 valence electrons. The number of pyridine rings is 2. The van der Waals surface area contributed by atoms with Gasteiger partial charge in [-0.2, -0.15) is 5.26 Å². The van der Waals surface area contributed by atoms with E-state index in [0.29, 0.717) is 22.3 Å². The van der Waals surface area contributed by atoms with E-state index in [-0.39, 0.29) is 22.8 Å². The number of anilines is 2. The molecule has 4 rings (SSSR count). The smallest absolute Gasteiger partial charge is 0.150 e. The molecule has 0 saturated heterocycles. The largest absolute Gasteiger partial charge is 0.382 e. The molecule has 0 saturated carbocycles. The van der Waals surface area contributed by atoms with E-state index in [4.69, 9.17) is 5.73 Å². The maximum absolute atomic E-state index is 13.9. The van der Waals surface area contributed by atoms with Crippen LogP contribution < -0.4 is 11.1 Å². The Bertz CT molecular complexity index is 1280. The monoisotopic (exact) mass is 403 g/mol. The minimum Gasteiger partial charge on any atom is -0.382 e. The third-order valence-electron chi connectivity index (χ3n) is 4.56. The van der Waals surface area contributed by atoms with Crippen molar-refractivity contribution in [1.29, 1.82) is 5.26 Å². The number of nitrogens with zero attached hydrogens (tertiary/aromatic N) is 5. The molecular formula is C21H15F2N7. The summed E-state index contributed by atoms with van der Waals surface area (Å²) in [7, 11) is 0. The van der Waals surface area contributed by atoms with Crippen LogP contribution in [0, 0.1) is 23.0 Å². The quantitative estimate of drug-likeness (QED) is 0.529. The molecule has 1 aromatic carbocycles. The molecule has 0 aliphatic heterocycles. The molecule has 9 heteroatoms. The van der Waals surface area contributed by atoms with Crippen molar-refractivity contribution in [3.63, 3.8) is 0 Å². The van der Waals surface area contributed by atoms with Gasteiger partial charge in [0.05, 0.1) is 22.8 Å². The summed E-state index contributed by atoms with van der Waals surface area (Å²) >= 11 is 0. The van der Waals surface area contributed by atoms with Crippen molar-refractivity contribution in [2.75, 3.05) is 11.1 Å². The number of nitrogens with one attached hydrogen (secondary N) is 1. The Morgan fingerprint density at radius 1 is 1.07 bits per heavy atom. The second-order valence-corrected chi connectivity index (χ2v) is 6.59. The van der Waals surface area contributed by atoms with Crippen molar-refractivity contribution in [3.8, 4) is 17.3 Å². The number of nitrogens with two attached hydrogens (primary N) is 1. The van der Waals surface area contributed by atoms with E-state index in [0.717, 1.165) is 6.07 Å². The first-order valence-corrected chi connectivity index (χ1v) is 8.95. The number of fused-ring (bicyclic) bond motifs is 1. The molecule has 3 N–H and O–H groups in total. The number of aromatic nitrogens is 4. The van der Waals surface area contributed by atoms with Crippen LogP contribution in [0.25, 0.3) is 22.3 Å². The Morgan fingerprint density at radius 2 is 1.83 bits per heavy atom. The zero-order chi connectivity index (χ0) is 21.3. The minimum absolute atomic E-state index is 0.0490. The Hall–Kier alpha value is -4.19. The number of rotatable bonds is 4. The molecule has 3 heterocycles. The van der Waals surface area contributed by atoms with Crippen LogP contribution in [0.2, 0.25) is 0 Å². The van der Waals surface area contributed by atoms with Crippen LogP contribution in [-0.4, -0.2) is 19.9 Å². The highest BCUT2D eigenvalue weighted by Gasteiger charge is 2.19. The highest BCUT2D eigenvalue weighted by molar-refractivity contribution is 5.80. The first kappa shape index (κ1) is 19.1. The molecule has 0 spiro atoms. The zero-order valence-corrected chi connectivity index (χ0v) is 15.8. The predicted molar refractivity (Wildman–Crippen MR) is 108 cm³/mol. The molecule has 1 atom stereocenters. The Kier molecular flexibility index (Phi) is 4.90.